The Labute approximate surface area is 178 Å². The normalized spacial score (nSPS) is 21.3. The number of rotatable bonds is 5. The standard InChI is InChI=1S/C22H33N3O5/c1-22(2,3)30-21(28)23-17-12-11-16(19(26)25(4)5)13-18(17)24-20(27)29-14-15-9-7-6-8-10-15/h6-10,16-18H,11-14H2,1-5H3,(H,23,28)(H,24,27)/t16-,17-,18+/m0/s1. The molecule has 8 nitrogen and oxygen atoms in total. The quantitative estimate of drug-likeness (QED) is 0.765. The summed E-state index contributed by atoms with van der Waals surface area (Å²) < 4.78 is 10.7. The predicted octanol–water partition coefficient (Wildman–Crippen LogP) is 3.06. The van der Waals surface area contributed by atoms with E-state index in [1.54, 1.807) is 39.8 Å². The number of hydrogen-bond donors (Lipinski definition) is 2. The average Bonchev–Trinajstić information content (AvgIpc) is 2.66. The summed E-state index contributed by atoms with van der Waals surface area (Å²) in [6.07, 6.45) is 0.451. The number of ether oxygens (including phenoxy) is 2. The summed E-state index contributed by atoms with van der Waals surface area (Å²) in [6.45, 7) is 5.51. The van der Waals surface area contributed by atoms with E-state index < -0.39 is 23.8 Å². The summed E-state index contributed by atoms with van der Waals surface area (Å²) in [6, 6.07) is 8.57. The third kappa shape index (κ3) is 7.57. The summed E-state index contributed by atoms with van der Waals surface area (Å²) in [5.74, 6) is -0.216. The molecule has 1 aliphatic rings. The molecule has 2 rings (SSSR count). The van der Waals surface area contributed by atoms with Gasteiger partial charge in [0.05, 0.1) is 12.1 Å². The molecule has 30 heavy (non-hydrogen) atoms. The van der Waals surface area contributed by atoms with Crippen LogP contribution in [0.1, 0.15) is 45.6 Å². The number of carbonyl (C=O) groups is 3. The smallest absolute Gasteiger partial charge is 0.407 e. The van der Waals surface area contributed by atoms with Gasteiger partial charge in [0.1, 0.15) is 12.2 Å². The lowest BCUT2D eigenvalue weighted by Gasteiger charge is -2.37. The van der Waals surface area contributed by atoms with E-state index in [-0.39, 0.29) is 24.5 Å². The Morgan fingerprint density at radius 3 is 2.23 bits per heavy atom. The Bertz CT molecular complexity index is 730. The highest BCUT2D eigenvalue weighted by Crippen LogP contribution is 2.27. The number of alkyl carbamates (subject to hydrolysis) is 2. The highest BCUT2D eigenvalue weighted by atomic mass is 16.6. The molecule has 1 saturated carbocycles. The molecule has 0 radical (unpaired) electrons. The molecule has 3 amide bonds. The van der Waals surface area contributed by atoms with E-state index in [0.29, 0.717) is 19.3 Å². The van der Waals surface area contributed by atoms with Crippen molar-refractivity contribution in [3.8, 4) is 0 Å². The van der Waals surface area contributed by atoms with Gasteiger partial charge in [-0.2, -0.15) is 0 Å². The van der Waals surface area contributed by atoms with Crippen LogP contribution in [0.25, 0.3) is 0 Å². The van der Waals surface area contributed by atoms with Crippen LogP contribution in [0.15, 0.2) is 30.3 Å². The largest absolute Gasteiger partial charge is 0.445 e. The average molecular weight is 420 g/mol. The van der Waals surface area contributed by atoms with Gasteiger partial charge < -0.3 is 25.0 Å². The molecule has 0 unspecified atom stereocenters. The molecule has 2 N–H and O–H groups in total. The van der Waals surface area contributed by atoms with Gasteiger partial charge in [-0.05, 0) is 45.6 Å². The Balaban J connectivity index is 2.01. The first kappa shape index (κ1) is 23.5. The lowest BCUT2D eigenvalue weighted by Crippen LogP contribution is -2.56. The second-order valence-corrected chi connectivity index (χ2v) is 8.81. The van der Waals surface area contributed by atoms with Crippen molar-refractivity contribution >= 4 is 18.1 Å². The van der Waals surface area contributed by atoms with Crippen molar-refractivity contribution in [1.82, 2.24) is 15.5 Å². The van der Waals surface area contributed by atoms with Crippen molar-refractivity contribution in [2.75, 3.05) is 14.1 Å². The molecule has 1 aromatic rings. The van der Waals surface area contributed by atoms with Crippen molar-refractivity contribution in [3.63, 3.8) is 0 Å². The Morgan fingerprint density at radius 1 is 1.00 bits per heavy atom. The third-order valence-electron chi connectivity index (χ3n) is 4.86. The van der Waals surface area contributed by atoms with E-state index in [1.807, 2.05) is 30.3 Å². The maximum Gasteiger partial charge on any atom is 0.407 e. The van der Waals surface area contributed by atoms with Crippen molar-refractivity contribution in [2.45, 2.75) is 64.3 Å². The molecule has 0 spiro atoms. The van der Waals surface area contributed by atoms with Crippen molar-refractivity contribution in [2.24, 2.45) is 5.92 Å². The lowest BCUT2D eigenvalue weighted by atomic mass is 9.81. The monoisotopic (exact) mass is 419 g/mol. The minimum absolute atomic E-state index is 0.00942. The van der Waals surface area contributed by atoms with Gasteiger partial charge in [-0.3, -0.25) is 4.79 Å². The SMILES string of the molecule is CN(C)C(=O)[C@H]1CC[C@H](NC(=O)OC(C)(C)C)[C@H](NC(=O)OCc2ccccc2)C1. The molecule has 1 aromatic carbocycles. The fraction of sp³-hybridized carbons (Fsp3) is 0.591. The summed E-state index contributed by atoms with van der Waals surface area (Å²) in [4.78, 5) is 38.6. The predicted molar refractivity (Wildman–Crippen MR) is 113 cm³/mol. The summed E-state index contributed by atoms with van der Waals surface area (Å²) >= 11 is 0. The molecule has 0 aromatic heterocycles. The van der Waals surface area contributed by atoms with Gasteiger partial charge in [-0.1, -0.05) is 30.3 Å². The summed E-state index contributed by atoms with van der Waals surface area (Å²) in [7, 11) is 3.42. The highest BCUT2D eigenvalue weighted by Gasteiger charge is 2.37. The van der Waals surface area contributed by atoms with Crippen LogP contribution in [-0.4, -0.2) is 54.8 Å². The molecule has 0 heterocycles. The van der Waals surface area contributed by atoms with Gasteiger partial charge in [-0.15, -0.1) is 0 Å². The van der Waals surface area contributed by atoms with E-state index >= 15 is 0 Å². The van der Waals surface area contributed by atoms with Gasteiger partial charge in [0.2, 0.25) is 5.91 Å². The molecule has 166 valence electrons. The fourth-order valence-electron chi connectivity index (χ4n) is 3.47. The molecule has 1 fully saturated rings. The van der Waals surface area contributed by atoms with E-state index in [2.05, 4.69) is 10.6 Å². The third-order valence-corrected chi connectivity index (χ3v) is 4.86. The maximum absolute atomic E-state index is 12.4. The van der Waals surface area contributed by atoms with E-state index in [1.165, 1.54) is 0 Å². The van der Waals surface area contributed by atoms with E-state index in [0.717, 1.165) is 5.56 Å². The highest BCUT2D eigenvalue weighted by molar-refractivity contribution is 5.79. The molecule has 3 atom stereocenters. The second-order valence-electron chi connectivity index (χ2n) is 8.81. The van der Waals surface area contributed by atoms with Crippen LogP contribution in [0.5, 0.6) is 0 Å². The molecule has 1 aliphatic carbocycles. The van der Waals surface area contributed by atoms with E-state index in [9.17, 15) is 14.4 Å². The lowest BCUT2D eigenvalue weighted by molar-refractivity contribution is -0.134. The number of carbonyl (C=O) groups excluding carboxylic acids is 3. The summed E-state index contributed by atoms with van der Waals surface area (Å²) in [5.41, 5.74) is 0.250. The van der Waals surface area contributed by atoms with Gasteiger partial charge >= 0.3 is 12.2 Å². The zero-order chi connectivity index (χ0) is 22.3. The van der Waals surface area contributed by atoms with Crippen LogP contribution in [0.2, 0.25) is 0 Å². The van der Waals surface area contributed by atoms with Crippen LogP contribution in [0, 0.1) is 5.92 Å². The van der Waals surface area contributed by atoms with Crippen molar-refractivity contribution < 1.29 is 23.9 Å². The topological polar surface area (TPSA) is 97.0 Å². The first-order chi connectivity index (χ1) is 14.0. The molecule has 0 saturated heterocycles. The summed E-state index contributed by atoms with van der Waals surface area (Å²) in [5, 5.41) is 5.67. The van der Waals surface area contributed by atoms with Gasteiger partial charge in [-0.25, -0.2) is 9.59 Å². The van der Waals surface area contributed by atoms with Crippen LogP contribution in [0.3, 0.4) is 0 Å². The van der Waals surface area contributed by atoms with Crippen LogP contribution in [-0.2, 0) is 20.9 Å². The Morgan fingerprint density at radius 2 is 1.63 bits per heavy atom. The first-order valence-corrected chi connectivity index (χ1v) is 10.2. The number of nitrogens with zero attached hydrogens (tertiary/aromatic N) is 1. The zero-order valence-electron chi connectivity index (χ0n) is 18.4. The maximum atomic E-state index is 12.4. The molecule has 8 heteroatoms. The van der Waals surface area contributed by atoms with Gasteiger partial charge in [0.25, 0.3) is 0 Å². The molecule has 0 aliphatic heterocycles. The number of amides is 3. The number of hydrogen-bond acceptors (Lipinski definition) is 5. The minimum Gasteiger partial charge on any atom is -0.445 e. The first-order valence-electron chi connectivity index (χ1n) is 10.2. The van der Waals surface area contributed by atoms with Gasteiger partial charge in [0, 0.05) is 20.0 Å². The van der Waals surface area contributed by atoms with Crippen LogP contribution >= 0.6 is 0 Å². The zero-order valence-corrected chi connectivity index (χ0v) is 18.4. The van der Waals surface area contributed by atoms with Crippen LogP contribution in [0.4, 0.5) is 9.59 Å². The molecule has 0 bridgehead atoms. The Kier molecular flexibility index (Phi) is 8.08. The molecular formula is C22H33N3O5. The minimum atomic E-state index is -0.625. The second kappa shape index (κ2) is 10.3. The van der Waals surface area contributed by atoms with Crippen molar-refractivity contribution in [3.05, 3.63) is 35.9 Å². The van der Waals surface area contributed by atoms with E-state index in [4.69, 9.17) is 9.47 Å². The number of nitrogens with one attached hydrogen (secondary N) is 2. The fourth-order valence-corrected chi connectivity index (χ4v) is 3.47. The number of benzene rings is 1. The van der Waals surface area contributed by atoms with Crippen molar-refractivity contribution in [1.29, 1.82) is 0 Å². The van der Waals surface area contributed by atoms with Crippen LogP contribution < -0.4 is 10.6 Å². The Hall–Kier alpha value is -2.77. The van der Waals surface area contributed by atoms with Gasteiger partial charge in [0.15, 0.2) is 0 Å². The molecular weight excluding hydrogens is 386 g/mol.